The summed E-state index contributed by atoms with van der Waals surface area (Å²) in [7, 11) is 0. The zero-order valence-electron chi connectivity index (χ0n) is 10.2. The molecule has 0 aromatic carbocycles. The summed E-state index contributed by atoms with van der Waals surface area (Å²) in [5.74, 6) is 0.0188. The number of pyridine rings is 1. The predicted molar refractivity (Wildman–Crippen MR) is 67.3 cm³/mol. The highest BCUT2D eigenvalue weighted by atomic mass is 16.4. The Morgan fingerprint density at radius 3 is 3.17 bits per heavy atom. The first-order valence-electron chi connectivity index (χ1n) is 6.03. The van der Waals surface area contributed by atoms with Gasteiger partial charge in [0.25, 0.3) is 0 Å². The minimum Gasteiger partial charge on any atom is -0.409 e. The lowest BCUT2D eigenvalue weighted by Crippen LogP contribution is -2.32. The maximum atomic E-state index is 9.29. The van der Waals surface area contributed by atoms with Gasteiger partial charge in [0.1, 0.15) is 5.69 Å². The first-order valence-corrected chi connectivity index (χ1v) is 6.03. The van der Waals surface area contributed by atoms with Gasteiger partial charge >= 0.3 is 0 Å². The van der Waals surface area contributed by atoms with Gasteiger partial charge in [0.05, 0.1) is 6.61 Å². The van der Waals surface area contributed by atoms with E-state index in [1.54, 1.807) is 6.20 Å². The summed E-state index contributed by atoms with van der Waals surface area (Å²) in [6, 6.07) is 3.94. The van der Waals surface area contributed by atoms with Crippen molar-refractivity contribution in [2.24, 2.45) is 10.9 Å². The van der Waals surface area contributed by atoms with Crippen molar-refractivity contribution < 1.29 is 10.3 Å². The van der Waals surface area contributed by atoms with Crippen molar-refractivity contribution in [1.82, 2.24) is 9.88 Å². The SMILES string of the molecule is NC(=NO)c1ncccc1CN1CCCC1CO. The summed E-state index contributed by atoms with van der Waals surface area (Å²) >= 11 is 0. The molecule has 1 aromatic heterocycles. The van der Waals surface area contributed by atoms with Crippen molar-refractivity contribution in [3.05, 3.63) is 29.6 Å². The standard InChI is InChI=1S/C12H18N4O2/c13-12(15-18)11-9(3-1-5-14-11)7-16-6-2-4-10(16)8-17/h1,3,5,10,17-18H,2,4,6-8H2,(H2,13,15). The molecule has 1 aliphatic heterocycles. The van der Waals surface area contributed by atoms with Crippen LogP contribution in [-0.4, -0.2) is 45.2 Å². The van der Waals surface area contributed by atoms with Gasteiger partial charge in [-0.1, -0.05) is 11.2 Å². The Morgan fingerprint density at radius 2 is 2.44 bits per heavy atom. The Labute approximate surface area is 106 Å². The van der Waals surface area contributed by atoms with E-state index in [9.17, 15) is 5.11 Å². The number of amidine groups is 1. The zero-order valence-corrected chi connectivity index (χ0v) is 10.2. The van der Waals surface area contributed by atoms with Crippen LogP contribution in [-0.2, 0) is 6.54 Å². The summed E-state index contributed by atoms with van der Waals surface area (Å²) in [5, 5.41) is 21.0. The molecular weight excluding hydrogens is 232 g/mol. The maximum absolute atomic E-state index is 9.29. The Hall–Kier alpha value is -1.66. The molecule has 4 N–H and O–H groups in total. The summed E-state index contributed by atoms with van der Waals surface area (Å²) in [6.45, 7) is 1.78. The van der Waals surface area contributed by atoms with E-state index in [2.05, 4.69) is 15.0 Å². The van der Waals surface area contributed by atoms with Crippen LogP contribution < -0.4 is 5.73 Å². The molecule has 0 spiro atoms. The summed E-state index contributed by atoms with van der Waals surface area (Å²) in [4.78, 5) is 6.34. The Kier molecular flexibility index (Phi) is 4.11. The van der Waals surface area contributed by atoms with E-state index < -0.39 is 0 Å². The molecule has 1 aliphatic rings. The normalized spacial score (nSPS) is 21.4. The molecule has 1 atom stereocenters. The molecule has 1 saturated heterocycles. The fraction of sp³-hybridized carbons (Fsp3) is 0.500. The van der Waals surface area contributed by atoms with Gasteiger partial charge < -0.3 is 16.0 Å². The number of rotatable bonds is 4. The molecule has 0 radical (unpaired) electrons. The third-order valence-electron chi connectivity index (χ3n) is 3.32. The highest BCUT2D eigenvalue weighted by molar-refractivity contribution is 5.96. The average Bonchev–Trinajstić information content (AvgIpc) is 2.86. The first-order chi connectivity index (χ1) is 8.76. The number of nitrogens with two attached hydrogens (primary N) is 1. The Morgan fingerprint density at radius 1 is 1.61 bits per heavy atom. The largest absolute Gasteiger partial charge is 0.409 e. The van der Waals surface area contributed by atoms with Crippen LogP contribution in [0.4, 0.5) is 0 Å². The van der Waals surface area contributed by atoms with Crippen molar-refractivity contribution >= 4 is 5.84 Å². The van der Waals surface area contributed by atoms with E-state index in [1.165, 1.54) is 0 Å². The fourth-order valence-corrected chi connectivity index (χ4v) is 2.37. The number of aliphatic hydroxyl groups excluding tert-OH is 1. The van der Waals surface area contributed by atoms with Gasteiger partial charge in [0.2, 0.25) is 0 Å². The molecule has 0 amide bonds. The van der Waals surface area contributed by atoms with Crippen molar-refractivity contribution in [3.8, 4) is 0 Å². The number of aliphatic hydroxyl groups is 1. The van der Waals surface area contributed by atoms with Gasteiger partial charge in [-0.05, 0) is 31.0 Å². The van der Waals surface area contributed by atoms with Gasteiger partial charge in [0.15, 0.2) is 5.84 Å². The minimum absolute atomic E-state index is 0.0188. The smallest absolute Gasteiger partial charge is 0.189 e. The number of hydrogen-bond acceptors (Lipinski definition) is 5. The fourth-order valence-electron chi connectivity index (χ4n) is 2.37. The van der Waals surface area contributed by atoms with Crippen LogP contribution in [0, 0.1) is 0 Å². The van der Waals surface area contributed by atoms with Crippen molar-refractivity contribution in [1.29, 1.82) is 0 Å². The lowest BCUT2D eigenvalue weighted by molar-refractivity contribution is 0.153. The van der Waals surface area contributed by atoms with Gasteiger partial charge in [-0.25, -0.2) is 0 Å². The molecule has 1 fully saturated rings. The molecule has 1 unspecified atom stereocenters. The van der Waals surface area contributed by atoms with E-state index in [-0.39, 0.29) is 18.5 Å². The van der Waals surface area contributed by atoms with Crippen LogP contribution in [0.25, 0.3) is 0 Å². The molecule has 0 aliphatic carbocycles. The third kappa shape index (κ3) is 2.60. The second-order valence-corrected chi connectivity index (χ2v) is 4.45. The summed E-state index contributed by atoms with van der Waals surface area (Å²) in [5.41, 5.74) is 7.02. The van der Waals surface area contributed by atoms with E-state index in [1.807, 2.05) is 12.1 Å². The van der Waals surface area contributed by atoms with Gasteiger partial charge in [-0.3, -0.25) is 9.88 Å². The quantitative estimate of drug-likeness (QED) is 0.305. The van der Waals surface area contributed by atoms with E-state index in [0.717, 1.165) is 24.9 Å². The summed E-state index contributed by atoms with van der Waals surface area (Å²) < 4.78 is 0. The van der Waals surface area contributed by atoms with Crippen LogP contribution in [0.1, 0.15) is 24.1 Å². The number of nitrogens with zero attached hydrogens (tertiary/aromatic N) is 3. The van der Waals surface area contributed by atoms with Crippen LogP contribution in [0.15, 0.2) is 23.5 Å². The topological polar surface area (TPSA) is 95.0 Å². The third-order valence-corrected chi connectivity index (χ3v) is 3.32. The van der Waals surface area contributed by atoms with Crippen molar-refractivity contribution in [2.75, 3.05) is 13.2 Å². The van der Waals surface area contributed by atoms with E-state index >= 15 is 0 Å². The number of hydrogen-bond donors (Lipinski definition) is 3. The van der Waals surface area contributed by atoms with Crippen LogP contribution in [0.5, 0.6) is 0 Å². The molecule has 6 heteroatoms. The van der Waals surface area contributed by atoms with E-state index in [4.69, 9.17) is 10.9 Å². The van der Waals surface area contributed by atoms with Gasteiger partial charge in [-0.2, -0.15) is 0 Å². The molecule has 0 saturated carbocycles. The Balaban J connectivity index is 2.18. The summed E-state index contributed by atoms with van der Waals surface area (Å²) in [6.07, 6.45) is 3.71. The highest BCUT2D eigenvalue weighted by Gasteiger charge is 2.24. The number of likely N-dealkylation sites (tertiary alicyclic amines) is 1. The molecule has 0 bridgehead atoms. The number of oxime groups is 1. The second kappa shape index (κ2) is 5.79. The average molecular weight is 250 g/mol. The molecule has 98 valence electrons. The Bertz CT molecular complexity index is 436. The monoisotopic (exact) mass is 250 g/mol. The highest BCUT2D eigenvalue weighted by Crippen LogP contribution is 2.20. The lowest BCUT2D eigenvalue weighted by Gasteiger charge is -2.23. The number of aromatic nitrogens is 1. The zero-order chi connectivity index (χ0) is 13.0. The van der Waals surface area contributed by atoms with Gasteiger partial charge in [0, 0.05) is 18.8 Å². The van der Waals surface area contributed by atoms with Crippen molar-refractivity contribution in [2.45, 2.75) is 25.4 Å². The molecule has 2 rings (SSSR count). The van der Waals surface area contributed by atoms with Crippen LogP contribution in [0.2, 0.25) is 0 Å². The maximum Gasteiger partial charge on any atom is 0.189 e. The lowest BCUT2D eigenvalue weighted by atomic mass is 10.1. The van der Waals surface area contributed by atoms with E-state index in [0.29, 0.717) is 12.2 Å². The van der Waals surface area contributed by atoms with Crippen LogP contribution >= 0.6 is 0 Å². The second-order valence-electron chi connectivity index (χ2n) is 4.45. The molecule has 6 nitrogen and oxygen atoms in total. The predicted octanol–water partition coefficient (Wildman–Crippen LogP) is 0.133. The molecule has 2 heterocycles. The molecular formula is C12H18N4O2. The first kappa shape index (κ1) is 12.8. The van der Waals surface area contributed by atoms with Crippen LogP contribution in [0.3, 0.4) is 0 Å². The molecule has 18 heavy (non-hydrogen) atoms. The van der Waals surface area contributed by atoms with Gasteiger partial charge in [-0.15, -0.1) is 0 Å². The van der Waals surface area contributed by atoms with Crippen molar-refractivity contribution in [3.63, 3.8) is 0 Å². The molecule has 1 aromatic rings. The minimum atomic E-state index is 0.0188.